The van der Waals surface area contributed by atoms with Crippen molar-refractivity contribution in [2.45, 2.75) is 45.4 Å². The minimum absolute atomic E-state index is 0.0134. The predicted molar refractivity (Wildman–Crippen MR) is 101 cm³/mol. The van der Waals surface area contributed by atoms with Gasteiger partial charge in [0.1, 0.15) is 0 Å². The number of nitrogen functional groups attached to an aromatic ring is 1. The second-order valence-electron chi connectivity index (χ2n) is 7.67. The van der Waals surface area contributed by atoms with Gasteiger partial charge in [-0.25, -0.2) is 9.42 Å². The Bertz CT molecular complexity index is 815. The number of oxime groups is 1. The number of rotatable bonds is 3. The minimum atomic E-state index is -0.542. The molecule has 3 rings (SSSR count). The molecule has 2 heterocycles. The first-order valence-electron chi connectivity index (χ1n) is 9.09. The van der Waals surface area contributed by atoms with Crippen LogP contribution >= 0.6 is 0 Å². The van der Waals surface area contributed by atoms with E-state index < -0.39 is 5.97 Å². The normalized spacial score (nSPS) is 15.7. The Morgan fingerprint density at radius 2 is 1.81 bits per heavy atom. The Balaban J connectivity index is 1.79. The third-order valence-electron chi connectivity index (χ3n) is 4.58. The van der Waals surface area contributed by atoms with E-state index in [0.717, 1.165) is 37.9 Å². The maximum absolute atomic E-state index is 12.4. The topological polar surface area (TPSA) is 107 Å². The van der Waals surface area contributed by atoms with Crippen LogP contribution in [0.25, 0.3) is 0 Å². The molecule has 2 N–H and O–H groups in total. The highest BCUT2D eigenvalue weighted by atomic mass is 16.7. The molecule has 1 aromatic heterocycles. The molecule has 2 aromatic rings. The van der Waals surface area contributed by atoms with E-state index >= 15 is 0 Å². The third kappa shape index (κ3) is 4.45. The number of nitrogens with two attached hydrogens (primary N) is 1. The number of nitrogens with zero attached hydrogens (tertiary/aromatic N) is 4. The predicted octanol–water partition coefficient (Wildman–Crippen LogP) is 2.95. The molecule has 0 atom stereocenters. The van der Waals surface area contributed by atoms with Crippen LogP contribution in [0.4, 0.5) is 5.82 Å². The standard InChI is InChI=1S/C19H25N5O3/c1-19(2,3)14-9-7-13(8-10-14)18(25)26-23-17(15-16(20)22-27-21-15)24-11-5-4-6-12-24/h7-10H,4-6,11-12H2,1-3H3,(H2,20,22)/b23-17-. The van der Waals surface area contributed by atoms with Crippen molar-refractivity contribution in [3.63, 3.8) is 0 Å². The van der Waals surface area contributed by atoms with Gasteiger partial charge in [0.15, 0.2) is 11.5 Å². The Hall–Kier alpha value is -2.90. The van der Waals surface area contributed by atoms with Gasteiger partial charge in [0.25, 0.3) is 0 Å². The Morgan fingerprint density at radius 3 is 2.37 bits per heavy atom. The third-order valence-corrected chi connectivity index (χ3v) is 4.58. The van der Waals surface area contributed by atoms with Crippen LogP contribution < -0.4 is 5.73 Å². The zero-order chi connectivity index (χ0) is 19.4. The molecule has 1 aliphatic heterocycles. The highest BCUT2D eigenvalue weighted by molar-refractivity contribution is 6.00. The highest BCUT2D eigenvalue weighted by Crippen LogP contribution is 2.22. The van der Waals surface area contributed by atoms with Gasteiger partial charge in [0.05, 0.1) is 5.56 Å². The molecular formula is C19H25N5O3. The van der Waals surface area contributed by atoms with Crippen LogP contribution in [0.5, 0.6) is 0 Å². The van der Waals surface area contributed by atoms with Crippen LogP contribution in [0.2, 0.25) is 0 Å². The van der Waals surface area contributed by atoms with Crippen molar-refractivity contribution in [1.82, 2.24) is 15.2 Å². The molecular weight excluding hydrogens is 346 g/mol. The quantitative estimate of drug-likeness (QED) is 0.382. The largest absolute Gasteiger partial charge is 0.379 e. The van der Waals surface area contributed by atoms with Crippen molar-refractivity contribution in [2.75, 3.05) is 18.8 Å². The number of anilines is 1. The molecule has 0 saturated carbocycles. The fourth-order valence-corrected chi connectivity index (χ4v) is 2.95. The summed E-state index contributed by atoms with van der Waals surface area (Å²) in [5.41, 5.74) is 7.67. The van der Waals surface area contributed by atoms with Crippen LogP contribution in [-0.2, 0) is 10.3 Å². The van der Waals surface area contributed by atoms with Gasteiger partial charge >= 0.3 is 5.97 Å². The first-order chi connectivity index (χ1) is 12.9. The number of piperidine rings is 1. The summed E-state index contributed by atoms with van der Waals surface area (Å²) >= 11 is 0. The summed E-state index contributed by atoms with van der Waals surface area (Å²) in [6, 6.07) is 7.33. The number of carbonyl (C=O) groups excluding carboxylic acids is 1. The summed E-state index contributed by atoms with van der Waals surface area (Å²) in [6.45, 7) is 7.91. The van der Waals surface area contributed by atoms with Crippen molar-refractivity contribution < 1.29 is 14.3 Å². The summed E-state index contributed by atoms with van der Waals surface area (Å²) in [5, 5.41) is 11.4. The van der Waals surface area contributed by atoms with Crippen LogP contribution in [0.1, 0.15) is 61.6 Å². The van der Waals surface area contributed by atoms with E-state index in [4.69, 9.17) is 10.6 Å². The fraction of sp³-hybridized carbons (Fsp3) is 0.474. The van der Waals surface area contributed by atoms with Gasteiger partial charge in [-0.1, -0.05) is 38.1 Å². The lowest BCUT2D eigenvalue weighted by atomic mass is 9.87. The number of likely N-dealkylation sites (tertiary alicyclic amines) is 1. The maximum Gasteiger partial charge on any atom is 0.365 e. The zero-order valence-electron chi connectivity index (χ0n) is 15.9. The number of hydrogen-bond acceptors (Lipinski definition) is 7. The SMILES string of the molecule is CC(C)(C)c1ccc(C(=O)O/N=C(/c2nonc2N)N2CCCCC2)cc1. The monoisotopic (exact) mass is 371 g/mol. The molecule has 0 bridgehead atoms. The highest BCUT2D eigenvalue weighted by Gasteiger charge is 2.24. The molecule has 0 radical (unpaired) electrons. The molecule has 0 unspecified atom stereocenters. The zero-order valence-corrected chi connectivity index (χ0v) is 15.9. The fourth-order valence-electron chi connectivity index (χ4n) is 2.95. The maximum atomic E-state index is 12.4. The van der Waals surface area contributed by atoms with E-state index in [1.165, 1.54) is 0 Å². The smallest absolute Gasteiger partial charge is 0.365 e. The molecule has 0 spiro atoms. The van der Waals surface area contributed by atoms with E-state index in [1.54, 1.807) is 12.1 Å². The Labute approximate surface area is 158 Å². The molecule has 27 heavy (non-hydrogen) atoms. The summed E-state index contributed by atoms with van der Waals surface area (Å²) in [6.07, 6.45) is 3.19. The van der Waals surface area contributed by atoms with Crippen molar-refractivity contribution in [1.29, 1.82) is 0 Å². The van der Waals surface area contributed by atoms with Crippen molar-refractivity contribution >= 4 is 17.6 Å². The molecule has 1 fully saturated rings. The van der Waals surface area contributed by atoms with Gasteiger partial charge in [-0.15, -0.1) is 0 Å². The van der Waals surface area contributed by atoms with Gasteiger partial charge in [-0.3, -0.25) is 0 Å². The summed E-state index contributed by atoms with van der Waals surface area (Å²) in [7, 11) is 0. The van der Waals surface area contributed by atoms with Gasteiger partial charge in [-0.2, -0.15) is 0 Å². The van der Waals surface area contributed by atoms with Gasteiger partial charge < -0.3 is 15.5 Å². The number of aromatic nitrogens is 2. The molecule has 0 amide bonds. The van der Waals surface area contributed by atoms with Crippen LogP contribution in [0.15, 0.2) is 34.1 Å². The summed E-state index contributed by atoms with van der Waals surface area (Å²) < 4.78 is 4.68. The first kappa shape index (κ1) is 18.9. The van der Waals surface area contributed by atoms with E-state index in [9.17, 15) is 4.79 Å². The van der Waals surface area contributed by atoms with E-state index in [-0.39, 0.29) is 16.9 Å². The van der Waals surface area contributed by atoms with Gasteiger partial charge in [0.2, 0.25) is 5.84 Å². The lowest BCUT2D eigenvalue weighted by molar-refractivity contribution is 0.0509. The molecule has 1 saturated heterocycles. The van der Waals surface area contributed by atoms with E-state index in [2.05, 4.69) is 40.9 Å². The average Bonchev–Trinajstić information content (AvgIpc) is 3.08. The first-order valence-corrected chi connectivity index (χ1v) is 9.09. The molecule has 0 aliphatic carbocycles. The lowest BCUT2D eigenvalue weighted by Crippen LogP contribution is -2.37. The minimum Gasteiger partial charge on any atom is -0.379 e. The van der Waals surface area contributed by atoms with Crippen LogP contribution in [0, 0.1) is 0 Å². The van der Waals surface area contributed by atoms with Crippen molar-refractivity contribution in [2.24, 2.45) is 5.16 Å². The Kier molecular flexibility index (Phi) is 5.43. The molecule has 1 aromatic carbocycles. The molecule has 1 aliphatic rings. The second kappa shape index (κ2) is 7.77. The van der Waals surface area contributed by atoms with Gasteiger partial charge in [0, 0.05) is 13.1 Å². The average molecular weight is 371 g/mol. The van der Waals surface area contributed by atoms with Crippen LogP contribution in [0.3, 0.4) is 0 Å². The van der Waals surface area contributed by atoms with E-state index in [0.29, 0.717) is 11.4 Å². The molecule has 8 heteroatoms. The number of benzene rings is 1. The second-order valence-corrected chi connectivity index (χ2v) is 7.67. The van der Waals surface area contributed by atoms with Crippen molar-refractivity contribution in [3.8, 4) is 0 Å². The summed E-state index contributed by atoms with van der Waals surface area (Å²) in [5.74, 6) is -0.0574. The number of carbonyl (C=O) groups is 1. The van der Waals surface area contributed by atoms with Crippen molar-refractivity contribution in [3.05, 3.63) is 41.1 Å². The Morgan fingerprint density at radius 1 is 1.15 bits per heavy atom. The van der Waals surface area contributed by atoms with Gasteiger partial charge in [-0.05, 0) is 52.7 Å². The number of amidine groups is 1. The number of hydrogen-bond donors (Lipinski definition) is 1. The molecule has 8 nitrogen and oxygen atoms in total. The van der Waals surface area contributed by atoms with Crippen LogP contribution in [-0.4, -0.2) is 40.1 Å². The lowest BCUT2D eigenvalue weighted by Gasteiger charge is -2.28. The molecule has 144 valence electrons. The van der Waals surface area contributed by atoms with E-state index in [1.807, 2.05) is 17.0 Å². The summed E-state index contributed by atoms with van der Waals surface area (Å²) in [4.78, 5) is 19.6.